The molecule has 1 aromatic rings. The van der Waals surface area contributed by atoms with E-state index in [0.29, 0.717) is 0 Å². The number of thioether (sulfide) groups is 1. The van der Waals surface area contributed by atoms with E-state index in [9.17, 15) is 0 Å². The SMILES string of the molecule is CCCNC(C1=CCCO1)c1ccc(SC)cc1. The Morgan fingerprint density at radius 1 is 1.33 bits per heavy atom. The topological polar surface area (TPSA) is 21.3 Å². The highest BCUT2D eigenvalue weighted by atomic mass is 32.2. The Labute approximate surface area is 114 Å². The third kappa shape index (κ3) is 3.30. The molecular formula is C15H21NOS. The van der Waals surface area contributed by atoms with Crippen molar-refractivity contribution in [2.24, 2.45) is 0 Å². The molecule has 0 bridgehead atoms. The highest BCUT2D eigenvalue weighted by Gasteiger charge is 2.19. The Morgan fingerprint density at radius 3 is 2.67 bits per heavy atom. The monoisotopic (exact) mass is 263 g/mol. The molecule has 1 atom stereocenters. The zero-order chi connectivity index (χ0) is 12.8. The summed E-state index contributed by atoms with van der Waals surface area (Å²) in [6, 6.07) is 8.96. The van der Waals surface area contributed by atoms with Gasteiger partial charge in [0.2, 0.25) is 0 Å². The summed E-state index contributed by atoms with van der Waals surface area (Å²) < 4.78 is 5.72. The predicted molar refractivity (Wildman–Crippen MR) is 77.9 cm³/mol. The zero-order valence-corrected chi connectivity index (χ0v) is 11.9. The fourth-order valence-electron chi connectivity index (χ4n) is 2.11. The van der Waals surface area contributed by atoms with Crippen LogP contribution in [0.3, 0.4) is 0 Å². The fraction of sp³-hybridized carbons (Fsp3) is 0.467. The van der Waals surface area contributed by atoms with Gasteiger partial charge >= 0.3 is 0 Å². The van der Waals surface area contributed by atoms with Gasteiger partial charge in [-0.3, -0.25) is 0 Å². The number of hydrogen-bond donors (Lipinski definition) is 1. The average molecular weight is 263 g/mol. The number of benzene rings is 1. The summed E-state index contributed by atoms with van der Waals surface area (Å²) in [6.07, 6.45) is 6.47. The second kappa shape index (κ2) is 6.86. The van der Waals surface area contributed by atoms with Gasteiger partial charge in [-0.05, 0) is 43.0 Å². The molecule has 0 fully saturated rings. The van der Waals surface area contributed by atoms with Crippen LogP contribution in [-0.2, 0) is 4.74 Å². The van der Waals surface area contributed by atoms with E-state index in [0.717, 1.165) is 31.8 Å². The summed E-state index contributed by atoms with van der Waals surface area (Å²) in [5.74, 6) is 1.08. The maximum Gasteiger partial charge on any atom is 0.114 e. The Kier molecular flexibility index (Phi) is 5.14. The Bertz CT molecular complexity index is 399. The van der Waals surface area contributed by atoms with E-state index in [1.807, 2.05) is 0 Å². The van der Waals surface area contributed by atoms with Gasteiger partial charge in [-0.25, -0.2) is 0 Å². The second-order valence-electron chi connectivity index (χ2n) is 4.40. The van der Waals surface area contributed by atoms with Gasteiger partial charge in [0.15, 0.2) is 0 Å². The standard InChI is InChI=1S/C15H21NOS/c1-3-10-16-15(14-5-4-11-17-14)12-6-8-13(18-2)9-7-12/h5-9,15-16H,3-4,10-11H2,1-2H3. The molecule has 18 heavy (non-hydrogen) atoms. The van der Waals surface area contributed by atoms with Crippen molar-refractivity contribution in [2.45, 2.75) is 30.7 Å². The predicted octanol–water partition coefficient (Wildman–Crippen LogP) is 3.75. The molecule has 2 nitrogen and oxygen atoms in total. The lowest BCUT2D eigenvalue weighted by Crippen LogP contribution is -2.24. The molecule has 0 amide bonds. The summed E-state index contributed by atoms with van der Waals surface area (Å²) in [5, 5.41) is 3.57. The smallest absolute Gasteiger partial charge is 0.114 e. The van der Waals surface area contributed by atoms with E-state index in [1.165, 1.54) is 10.5 Å². The summed E-state index contributed by atoms with van der Waals surface area (Å²) in [5.41, 5.74) is 1.29. The third-order valence-corrected chi connectivity index (χ3v) is 3.81. The van der Waals surface area contributed by atoms with Crippen molar-refractivity contribution in [1.82, 2.24) is 5.32 Å². The van der Waals surface area contributed by atoms with Crippen LogP contribution in [-0.4, -0.2) is 19.4 Å². The molecule has 1 unspecified atom stereocenters. The highest BCUT2D eigenvalue weighted by Crippen LogP contribution is 2.27. The van der Waals surface area contributed by atoms with Crippen LogP contribution in [0.15, 0.2) is 41.0 Å². The Morgan fingerprint density at radius 2 is 2.11 bits per heavy atom. The summed E-state index contributed by atoms with van der Waals surface area (Å²) in [6.45, 7) is 4.02. The summed E-state index contributed by atoms with van der Waals surface area (Å²) >= 11 is 1.77. The van der Waals surface area contributed by atoms with Crippen molar-refractivity contribution in [3.63, 3.8) is 0 Å². The van der Waals surface area contributed by atoms with Gasteiger partial charge in [0.1, 0.15) is 5.76 Å². The first kappa shape index (κ1) is 13.5. The van der Waals surface area contributed by atoms with Crippen LogP contribution in [0, 0.1) is 0 Å². The summed E-state index contributed by atoms with van der Waals surface area (Å²) in [4.78, 5) is 1.30. The lowest BCUT2D eigenvalue weighted by molar-refractivity contribution is 0.215. The average Bonchev–Trinajstić information content (AvgIpc) is 2.94. The first-order valence-electron chi connectivity index (χ1n) is 6.55. The van der Waals surface area contributed by atoms with Crippen molar-refractivity contribution >= 4 is 11.8 Å². The van der Waals surface area contributed by atoms with E-state index < -0.39 is 0 Å². The fourth-order valence-corrected chi connectivity index (χ4v) is 2.51. The first-order valence-corrected chi connectivity index (χ1v) is 7.77. The first-order chi connectivity index (χ1) is 8.85. The van der Waals surface area contributed by atoms with Crippen LogP contribution >= 0.6 is 11.8 Å². The minimum absolute atomic E-state index is 0.211. The van der Waals surface area contributed by atoms with Crippen LogP contribution in [0.1, 0.15) is 31.4 Å². The molecule has 0 saturated heterocycles. The van der Waals surface area contributed by atoms with E-state index in [1.54, 1.807) is 11.8 Å². The Hall–Kier alpha value is -0.930. The van der Waals surface area contributed by atoms with Gasteiger partial charge in [-0.2, -0.15) is 0 Å². The molecule has 0 saturated carbocycles. The maximum absolute atomic E-state index is 5.72. The van der Waals surface area contributed by atoms with Crippen LogP contribution < -0.4 is 5.32 Å². The van der Waals surface area contributed by atoms with E-state index in [2.05, 4.69) is 48.8 Å². The van der Waals surface area contributed by atoms with Crippen LogP contribution in [0.4, 0.5) is 0 Å². The summed E-state index contributed by atoms with van der Waals surface area (Å²) in [7, 11) is 0. The molecule has 3 heteroatoms. The zero-order valence-electron chi connectivity index (χ0n) is 11.1. The molecule has 1 N–H and O–H groups in total. The van der Waals surface area contributed by atoms with Crippen LogP contribution in [0.25, 0.3) is 0 Å². The van der Waals surface area contributed by atoms with Gasteiger partial charge in [-0.15, -0.1) is 11.8 Å². The largest absolute Gasteiger partial charge is 0.496 e. The number of rotatable bonds is 6. The molecule has 0 spiro atoms. The highest BCUT2D eigenvalue weighted by molar-refractivity contribution is 7.98. The molecular weight excluding hydrogens is 242 g/mol. The maximum atomic E-state index is 5.72. The normalized spacial score (nSPS) is 16.2. The molecule has 2 rings (SSSR count). The van der Waals surface area contributed by atoms with Crippen molar-refractivity contribution < 1.29 is 4.74 Å². The molecule has 0 aliphatic carbocycles. The van der Waals surface area contributed by atoms with Crippen LogP contribution in [0.2, 0.25) is 0 Å². The van der Waals surface area contributed by atoms with Gasteiger partial charge in [0, 0.05) is 11.3 Å². The molecule has 1 aliphatic rings. The number of hydrogen-bond acceptors (Lipinski definition) is 3. The van der Waals surface area contributed by atoms with Crippen molar-refractivity contribution in [3.05, 3.63) is 41.7 Å². The minimum Gasteiger partial charge on any atom is -0.496 e. The molecule has 0 radical (unpaired) electrons. The van der Waals surface area contributed by atoms with E-state index in [-0.39, 0.29) is 6.04 Å². The second-order valence-corrected chi connectivity index (χ2v) is 5.28. The molecule has 0 aromatic heterocycles. The lowest BCUT2D eigenvalue weighted by atomic mass is 10.0. The van der Waals surface area contributed by atoms with Gasteiger partial charge in [0.25, 0.3) is 0 Å². The Balaban J connectivity index is 2.15. The van der Waals surface area contributed by atoms with Gasteiger partial charge in [-0.1, -0.05) is 19.1 Å². The van der Waals surface area contributed by atoms with Crippen LogP contribution in [0.5, 0.6) is 0 Å². The quantitative estimate of drug-likeness (QED) is 0.790. The minimum atomic E-state index is 0.211. The number of ether oxygens (including phenoxy) is 1. The van der Waals surface area contributed by atoms with Crippen molar-refractivity contribution in [1.29, 1.82) is 0 Å². The van der Waals surface area contributed by atoms with Crippen molar-refractivity contribution in [3.8, 4) is 0 Å². The molecule has 1 aliphatic heterocycles. The van der Waals surface area contributed by atoms with Crippen molar-refractivity contribution in [2.75, 3.05) is 19.4 Å². The molecule has 1 aromatic carbocycles. The number of nitrogens with one attached hydrogen (secondary N) is 1. The van der Waals surface area contributed by atoms with Gasteiger partial charge in [0.05, 0.1) is 12.6 Å². The molecule has 1 heterocycles. The molecule has 98 valence electrons. The van der Waals surface area contributed by atoms with E-state index >= 15 is 0 Å². The van der Waals surface area contributed by atoms with Gasteiger partial charge < -0.3 is 10.1 Å². The third-order valence-electron chi connectivity index (χ3n) is 3.06. The van der Waals surface area contributed by atoms with E-state index in [4.69, 9.17) is 4.74 Å². The lowest BCUT2D eigenvalue weighted by Gasteiger charge is -2.20.